The lowest BCUT2D eigenvalue weighted by Crippen LogP contribution is -2.22. The summed E-state index contributed by atoms with van der Waals surface area (Å²) < 4.78 is 19.1. The molecule has 10 heteroatoms. The van der Waals surface area contributed by atoms with Gasteiger partial charge in [0.15, 0.2) is 0 Å². The second kappa shape index (κ2) is 9.43. The van der Waals surface area contributed by atoms with Gasteiger partial charge in [0.2, 0.25) is 11.7 Å². The summed E-state index contributed by atoms with van der Waals surface area (Å²) in [5, 5.41) is 18.7. The second-order valence-corrected chi connectivity index (χ2v) is 7.71. The highest BCUT2D eigenvalue weighted by molar-refractivity contribution is 5.72. The van der Waals surface area contributed by atoms with E-state index in [9.17, 15) is 9.90 Å². The Balaban J connectivity index is 1.47. The van der Waals surface area contributed by atoms with Gasteiger partial charge in [-0.2, -0.15) is 10.1 Å². The van der Waals surface area contributed by atoms with Gasteiger partial charge in [0.25, 0.3) is 5.56 Å². The molecular formula is C25H23N5O5. The molecule has 0 spiro atoms. The van der Waals surface area contributed by atoms with E-state index in [2.05, 4.69) is 15.2 Å². The first-order chi connectivity index (χ1) is 17.1. The number of hydrogen-bond donors (Lipinski definition) is 1. The zero-order valence-electron chi connectivity index (χ0n) is 19.2. The number of nitrogens with zero attached hydrogens (tertiary/aromatic N) is 5. The normalized spacial score (nSPS) is 11.2. The Bertz CT molecular complexity index is 1530. The summed E-state index contributed by atoms with van der Waals surface area (Å²) in [6.07, 6.45) is 3.26. The fourth-order valence-corrected chi connectivity index (χ4v) is 3.88. The van der Waals surface area contributed by atoms with Crippen molar-refractivity contribution in [3.8, 4) is 34.1 Å². The van der Waals surface area contributed by atoms with Crippen LogP contribution in [0.4, 0.5) is 0 Å². The van der Waals surface area contributed by atoms with Crippen LogP contribution in [0.5, 0.6) is 11.5 Å². The van der Waals surface area contributed by atoms with E-state index in [4.69, 9.17) is 14.0 Å². The maximum absolute atomic E-state index is 13.3. The number of aliphatic hydroxyl groups excluding tert-OH is 1. The van der Waals surface area contributed by atoms with E-state index in [1.54, 1.807) is 31.6 Å². The van der Waals surface area contributed by atoms with E-state index in [-0.39, 0.29) is 30.1 Å². The average Bonchev–Trinajstić information content (AvgIpc) is 3.51. The van der Waals surface area contributed by atoms with Crippen molar-refractivity contribution in [2.45, 2.75) is 20.1 Å². The summed E-state index contributed by atoms with van der Waals surface area (Å²) in [6.45, 7) is 2.19. The van der Waals surface area contributed by atoms with Crippen LogP contribution in [0.3, 0.4) is 0 Å². The highest BCUT2D eigenvalue weighted by atomic mass is 16.5. The number of rotatable bonds is 8. The molecule has 10 nitrogen and oxygen atoms in total. The Morgan fingerprint density at radius 1 is 1.06 bits per heavy atom. The molecule has 3 heterocycles. The maximum Gasteiger partial charge on any atom is 0.277 e. The van der Waals surface area contributed by atoms with E-state index >= 15 is 0 Å². The van der Waals surface area contributed by atoms with Gasteiger partial charge in [-0.1, -0.05) is 17.3 Å². The Morgan fingerprint density at radius 3 is 2.63 bits per heavy atom. The van der Waals surface area contributed by atoms with E-state index in [0.29, 0.717) is 35.2 Å². The van der Waals surface area contributed by atoms with E-state index in [0.717, 1.165) is 11.1 Å². The van der Waals surface area contributed by atoms with Gasteiger partial charge in [-0.05, 0) is 43.3 Å². The maximum atomic E-state index is 13.3. The van der Waals surface area contributed by atoms with Gasteiger partial charge in [0.1, 0.15) is 23.6 Å². The lowest BCUT2D eigenvalue weighted by molar-refractivity contribution is 0.283. The van der Waals surface area contributed by atoms with Gasteiger partial charge in [-0.15, -0.1) is 0 Å². The predicted octanol–water partition coefficient (Wildman–Crippen LogP) is 3.16. The zero-order valence-corrected chi connectivity index (χ0v) is 19.2. The molecule has 0 atom stereocenters. The van der Waals surface area contributed by atoms with Crippen LogP contribution in [-0.2, 0) is 13.2 Å². The minimum atomic E-state index is -0.342. The quantitative estimate of drug-likeness (QED) is 0.365. The van der Waals surface area contributed by atoms with Gasteiger partial charge < -0.3 is 23.7 Å². The smallest absolute Gasteiger partial charge is 0.277 e. The number of benzene rings is 2. The van der Waals surface area contributed by atoms with Crippen LogP contribution in [0.2, 0.25) is 0 Å². The molecule has 0 aliphatic heterocycles. The van der Waals surface area contributed by atoms with Gasteiger partial charge in [0.05, 0.1) is 26.0 Å². The van der Waals surface area contributed by atoms with Crippen molar-refractivity contribution in [2.75, 3.05) is 13.7 Å². The Morgan fingerprint density at radius 2 is 1.89 bits per heavy atom. The fourth-order valence-electron chi connectivity index (χ4n) is 3.88. The highest BCUT2D eigenvalue weighted by Gasteiger charge is 2.19. The Kier molecular flexibility index (Phi) is 6.02. The predicted molar refractivity (Wildman–Crippen MR) is 127 cm³/mol. The monoisotopic (exact) mass is 473 g/mol. The van der Waals surface area contributed by atoms with Crippen LogP contribution >= 0.6 is 0 Å². The lowest BCUT2D eigenvalue weighted by atomic mass is 10.1. The molecule has 0 aliphatic rings. The Labute approximate surface area is 200 Å². The van der Waals surface area contributed by atoms with Crippen molar-refractivity contribution < 1.29 is 19.1 Å². The summed E-state index contributed by atoms with van der Waals surface area (Å²) in [5.41, 5.74) is 2.43. The first kappa shape index (κ1) is 22.4. The third-order valence-electron chi connectivity index (χ3n) is 5.56. The first-order valence-corrected chi connectivity index (χ1v) is 11.0. The van der Waals surface area contributed by atoms with Gasteiger partial charge in [0, 0.05) is 29.1 Å². The van der Waals surface area contributed by atoms with E-state index < -0.39 is 0 Å². The molecule has 0 aliphatic carbocycles. The second-order valence-electron chi connectivity index (χ2n) is 7.71. The fraction of sp³-hybridized carbons (Fsp3) is 0.200. The molecular weight excluding hydrogens is 450 g/mol. The number of hydrogen-bond acceptors (Lipinski definition) is 8. The van der Waals surface area contributed by atoms with Gasteiger partial charge >= 0.3 is 0 Å². The average molecular weight is 473 g/mol. The number of methoxy groups -OCH3 is 1. The van der Waals surface area contributed by atoms with Crippen molar-refractivity contribution in [1.29, 1.82) is 0 Å². The molecule has 0 saturated carbocycles. The van der Waals surface area contributed by atoms with Crippen molar-refractivity contribution in [2.24, 2.45) is 0 Å². The first-order valence-electron chi connectivity index (χ1n) is 11.0. The largest absolute Gasteiger partial charge is 0.497 e. The molecule has 178 valence electrons. The van der Waals surface area contributed by atoms with E-state index in [1.165, 1.54) is 9.08 Å². The molecule has 0 saturated heterocycles. The van der Waals surface area contributed by atoms with Crippen molar-refractivity contribution in [3.63, 3.8) is 0 Å². The third kappa shape index (κ3) is 4.26. The topological polar surface area (TPSA) is 117 Å². The molecule has 0 unspecified atom stereocenters. The lowest BCUT2D eigenvalue weighted by Gasteiger charge is -2.04. The summed E-state index contributed by atoms with van der Waals surface area (Å²) in [6, 6.07) is 14.7. The van der Waals surface area contributed by atoms with Crippen LogP contribution in [0, 0.1) is 0 Å². The summed E-state index contributed by atoms with van der Waals surface area (Å²) in [7, 11) is 1.59. The molecule has 0 radical (unpaired) electrons. The molecule has 35 heavy (non-hydrogen) atoms. The molecule has 5 rings (SSSR count). The van der Waals surface area contributed by atoms with Crippen LogP contribution < -0.4 is 15.0 Å². The van der Waals surface area contributed by atoms with Crippen LogP contribution in [0.1, 0.15) is 18.4 Å². The highest BCUT2D eigenvalue weighted by Crippen LogP contribution is 2.27. The van der Waals surface area contributed by atoms with Crippen molar-refractivity contribution in [3.05, 3.63) is 82.7 Å². The summed E-state index contributed by atoms with van der Waals surface area (Å²) in [4.78, 5) is 17.7. The van der Waals surface area contributed by atoms with Crippen molar-refractivity contribution >= 4 is 5.52 Å². The molecule has 2 aromatic carbocycles. The minimum Gasteiger partial charge on any atom is -0.497 e. The van der Waals surface area contributed by atoms with Crippen LogP contribution in [0.15, 0.2) is 70.2 Å². The third-order valence-corrected chi connectivity index (χ3v) is 5.56. The van der Waals surface area contributed by atoms with Gasteiger partial charge in [-0.3, -0.25) is 4.79 Å². The van der Waals surface area contributed by atoms with E-state index in [1.807, 2.05) is 43.3 Å². The number of aromatic nitrogens is 5. The molecule has 1 N–H and O–H groups in total. The number of fused-ring (bicyclic) bond motifs is 1. The summed E-state index contributed by atoms with van der Waals surface area (Å²) >= 11 is 0. The van der Waals surface area contributed by atoms with Crippen LogP contribution in [-0.4, -0.2) is 43.1 Å². The molecule has 0 amide bonds. The SMILES string of the molecule is CCOc1cccc(-c2noc(Cn3ccn4nc(-c5ccc(OC)cc5)c(CO)c4c3=O)n2)c1. The van der Waals surface area contributed by atoms with Gasteiger partial charge in [-0.25, -0.2) is 4.52 Å². The Hall–Kier alpha value is -4.44. The molecule has 0 fully saturated rings. The molecule has 3 aromatic heterocycles. The van der Waals surface area contributed by atoms with Crippen molar-refractivity contribution in [1.82, 2.24) is 24.3 Å². The van der Waals surface area contributed by atoms with Crippen LogP contribution in [0.25, 0.3) is 28.2 Å². The number of ether oxygens (including phenoxy) is 2. The summed E-state index contributed by atoms with van der Waals surface area (Å²) in [5.74, 6) is 2.09. The number of aliphatic hydroxyl groups is 1. The minimum absolute atomic E-state index is 0.0708. The zero-order chi connectivity index (χ0) is 24.4. The standard InChI is InChI=1S/C25H23N5O5/c1-3-34-19-6-4-5-17(13-19)24-26-21(35-28-24)14-29-11-12-30-23(25(29)32)20(15-31)22(27-30)16-7-9-18(33-2)10-8-16/h4-13,31H,3,14-15H2,1-2H3. The molecule has 5 aromatic rings. The molecule has 0 bridgehead atoms.